The molecule has 0 aliphatic rings. The molecule has 0 fully saturated rings. The summed E-state index contributed by atoms with van der Waals surface area (Å²) in [6, 6.07) is 20.5. The number of nitrogens with one attached hydrogen (secondary N) is 2. The van der Waals surface area contributed by atoms with E-state index in [1.165, 1.54) is 0 Å². The van der Waals surface area contributed by atoms with E-state index < -0.39 is 0 Å². The van der Waals surface area contributed by atoms with Gasteiger partial charge in [0, 0.05) is 18.9 Å². The van der Waals surface area contributed by atoms with Crippen LogP contribution in [0.15, 0.2) is 72.9 Å². The van der Waals surface area contributed by atoms with Crippen LogP contribution in [-0.2, 0) is 4.74 Å². The third-order valence-electron chi connectivity index (χ3n) is 3.76. The number of methoxy groups -OCH3 is 1. The summed E-state index contributed by atoms with van der Waals surface area (Å²) in [5, 5.41) is 6.13. The molecular formula is C21H21N3O3. The summed E-state index contributed by atoms with van der Waals surface area (Å²) >= 11 is 0. The van der Waals surface area contributed by atoms with Crippen LogP contribution in [0.2, 0.25) is 0 Å². The van der Waals surface area contributed by atoms with Gasteiger partial charge in [0.05, 0.1) is 29.7 Å². The zero-order chi connectivity index (χ0) is 18.9. The molecule has 0 aliphatic heterocycles. The van der Waals surface area contributed by atoms with Crippen LogP contribution in [0.1, 0.15) is 10.4 Å². The Kier molecular flexibility index (Phi) is 6.38. The van der Waals surface area contributed by atoms with Crippen LogP contribution >= 0.6 is 0 Å². The van der Waals surface area contributed by atoms with Crippen LogP contribution in [0.4, 0.5) is 17.1 Å². The summed E-state index contributed by atoms with van der Waals surface area (Å²) in [4.78, 5) is 16.9. The molecule has 2 N–H and O–H groups in total. The van der Waals surface area contributed by atoms with Crippen molar-refractivity contribution >= 4 is 23.0 Å². The summed E-state index contributed by atoms with van der Waals surface area (Å²) in [5.74, 6) is 0.264. The van der Waals surface area contributed by atoms with E-state index in [0.717, 1.165) is 11.4 Å². The van der Waals surface area contributed by atoms with Crippen molar-refractivity contribution < 1.29 is 14.3 Å². The number of pyridine rings is 1. The fourth-order valence-corrected chi connectivity index (χ4v) is 2.43. The Balaban J connectivity index is 1.67. The van der Waals surface area contributed by atoms with Gasteiger partial charge in [0.25, 0.3) is 5.91 Å². The monoisotopic (exact) mass is 363 g/mol. The number of benzene rings is 2. The summed E-state index contributed by atoms with van der Waals surface area (Å²) in [6.07, 6.45) is 1.56. The SMILES string of the molecule is COCCOc1ccc(NC(=O)c2ccccc2Nc2ccccc2)cn1. The van der Waals surface area contributed by atoms with Gasteiger partial charge in [-0.3, -0.25) is 4.79 Å². The van der Waals surface area contributed by atoms with Crippen LogP contribution in [-0.4, -0.2) is 31.2 Å². The Labute approximate surface area is 158 Å². The lowest BCUT2D eigenvalue weighted by molar-refractivity contribution is 0.102. The predicted octanol–water partition coefficient (Wildman–Crippen LogP) is 4.10. The maximum atomic E-state index is 12.7. The highest BCUT2D eigenvalue weighted by molar-refractivity contribution is 6.08. The molecule has 3 aromatic rings. The summed E-state index contributed by atoms with van der Waals surface area (Å²) in [7, 11) is 1.61. The molecule has 6 heteroatoms. The zero-order valence-electron chi connectivity index (χ0n) is 15.0. The number of hydrogen-bond donors (Lipinski definition) is 2. The summed E-state index contributed by atoms with van der Waals surface area (Å²) in [5.41, 5.74) is 2.78. The average Bonchev–Trinajstić information content (AvgIpc) is 2.71. The Hall–Kier alpha value is -3.38. The van der Waals surface area contributed by atoms with Crippen molar-refractivity contribution in [3.8, 4) is 5.88 Å². The first-order valence-electron chi connectivity index (χ1n) is 8.56. The van der Waals surface area contributed by atoms with Gasteiger partial charge < -0.3 is 20.1 Å². The Morgan fingerprint density at radius 1 is 0.926 bits per heavy atom. The van der Waals surface area contributed by atoms with Gasteiger partial charge in [0.1, 0.15) is 6.61 Å². The molecule has 1 amide bonds. The maximum Gasteiger partial charge on any atom is 0.257 e. The van der Waals surface area contributed by atoms with Crippen LogP contribution in [0.3, 0.4) is 0 Å². The molecular weight excluding hydrogens is 342 g/mol. The number of carbonyl (C=O) groups excluding carboxylic acids is 1. The Morgan fingerprint density at radius 2 is 1.70 bits per heavy atom. The topological polar surface area (TPSA) is 72.5 Å². The van der Waals surface area contributed by atoms with Crippen LogP contribution in [0.5, 0.6) is 5.88 Å². The first-order chi connectivity index (χ1) is 13.3. The number of anilines is 3. The average molecular weight is 363 g/mol. The van der Waals surface area contributed by atoms with Gasteiger partial charge in [-0.1, -0.05) is 30.3 Å². The number of carbonyl (C=O) groups is 1. The second kappa shape index (κ2) is 9.35. The van der Waals surface area contributed by atoms with Gasteiger partial charge in [0.15, 0.2) is 0 Å². The van der Waals surface area contributed by atoms with E-state index in [1.807, 2.05) is 48.5 Å². The minimum atomic E-state index is -0.219. The van der Waals surface area contributed by atoms with Crippen LogP contribution in [0.25, 0.3) is 0 Å². The lowest BCUT2D eigenvalue weighted by Gasteiger charge is -2.12. The molecule has 0 saturated heterocycles. The van der Waals surface area contributed by atoms with Crippen molar-refractivity contribution in [2.45, 2.75) is 0 Å². The van der Waals surface area contributed by atoms with E-state index >= 15 is 0 Å². The minimum absolute atomic E-state index is 0.219. The van der Waals surface area contributed by atoms with Crippen molar-refractivity contribution in [3.05, 3.63) is 78.5 Å². The quantitative estimate of drug-likeness (QED) is 0.590. The molecule has 2 aromatic carbocycles. The summed E-state index contributed by atoms with van der Waals surface area (Å²) in [6.45, 7) is 0.916. The highest BCUT2D eigenvalue weighted by Gasteiger charge is 2.12. The first kappa shape index (κ1) is 18.4. The molecule has 138 valence electrons. The van der Waals surface area contributed by atoms with Crippen molar-refractivity contribution in [3.63, 3.8) is 0 Å². The number of hydrogen-bond acceptors (Lipinski definition) is 5. The molecule has 1 heterocycles. The number of aromatic nitrogens is 1. The van der Waals surface area contributed by atoms with E-state index in [4.69, 9.17) is 9.47 Å². The van der Waals surface area contributed by atoms with E-state index in [1.54, 1.807) is 31.5 Å². The fourth-order valence-electron chi connectivity index (χ4n) is 2.43. The van der Waals surface area contributed by atoms with E-state index in [9.17, 15) is 4.79 Å². The molecule has 0 atom stereocenters. The highest BCUT2D eigenvalue weighted by Crippen LogP contribution is 2.22. The van der Waals surface area contributed by atoms with Gasteiger partial charge in [-0.05, 0) is 30.3 Å². The van der Waals surface area contributed by atoms with Crippen molar-refractivity contribution in [1.82, 2.24) is 4.98 Å². The largest absolute Gasteiger partial charge is 0.475 e. The smallest absolute Gasteiger partial charge is 0.257 e. The maximum absolute atomic E-state index is 12.7. The number of nitrogens with zero attached hydrogens (tertiary/aromatic N) is 1. The zero-order valence-corrected chi connectivity index (χ0v) is 15.0. The van der Waals surface area contributed by atoms with E-state index in [2.05, 4.69) is 15.6 Å². The van der Waals surface area contributed by atoms with Crippen molar-refractivity contribution in [1.29, 1.82) is 0 Å². The molecule has 3 rings (SSSR count). The molecule has 0 unspecified atom stereocenters. The number of rotatable bonds is 8. The Morgan fingerprint density at radius 3 is 2.44 bits per heavy atom. The fraction of sp³-hybridized carbons (Fsp3) is 0.143. The summed E-state index contributed by atoms with van der Waals surface area (Å²) < 4.78 is 10.3. The van der Waals surface area contributed by atoms with Gasteiger partial charge in [-0.15, -0.1) is 0 Å². The Bertz CT molecular complexity index is 867. The number of amides is 1. The van der Waals surface area contributed by atoms with Crippen LogP contribution in [0, 0.1) is 0 Å². The highest BCUT2D eigenvalue weighted by atomic mass is 16.5. The third kappa shape index (κ3) is 5.29. The normalized spacial score (nSPS) is 10.3. The standard InChI is InChI=1S/C21H21N3O3/c1-26-13-14-27-20-12-11-17(15-22-20)24-21(25)18-9-5-6-10-19(18)23-16-7-3-2-4-8-16/h2-12,15,23H,13-14H2,1H3,(H,24,25). The molecule has 1 aromatic heterocycles. The molecule has 0 saturated carbocycles. The molecule has 0 bridgehead atoms. The second-order valence-corrected chi connectivity index (χ2v) is 5.72. The van der Waals surface area contributed by atoms with Gasteiger partial charge >= 0.3 is 0 Å². The first-order valence-corrected chi connectivity index (χ1v) is 8.56. The molecule has 27 heavy (non-hydrogen) atoms. The van der Waals surface area contributed by atoms with Gasteiger partial charge in [-0.2, -0.15) is 0 Å². The van der Waals surface area contributed by atoms with Crippen molar-refractivity contribution in [2.24, 2.45) is 0 Å². The molecule has 6 nitrogen and oxygen atoms in total. The minimum Gasteiger partial charge on any atom is -0.475 e. The van der Waals surface area contributed by atoms with Gasteiger partial charge in [0.2, 0.25) is 5.88 Å². The molecule has 0 radical (unpaired) electrons. The lowest BCUT2D eigenvalue weighted by Crippen LogP contribution is -2.14. The van der Waals surface area contributed by atoms with E-state index in [-0.39, 0.29) is 5.91 Å². The van der Waals surface area contributed by atoms with E-state index in [0.29, 0.717) is 30.3 Å². The molecule has 0 spiro atoms. The van der Waals surface area contributed by atoms with Crippen molar-refractivity contribution in [2.75, 3.05) is 31.0 Å². The lowest BCUT2D eigenvalue weighted by atomic mass is 10.1. The predicted molar refractivity (Wildman–Crippen MR) is 106 cm³/mol. The third-order valence-corrected chi connectivity index (χ3v) is 3.76. The second-order valence-electron chi connectivity index (χ2n) is 5.72. The van der Waals surface area contributed by atoms with Gasteiger partial charge in [-0.25, -0.2) is 4.98 Å². The number of ether oxygens (including phenoxy) is 2. The number of para-hydroxylation sites is 2. The molecule has 0 aliphatic carbocycles. The van der Waals surface area contributed by atoms with Crippen LogP contribution < -0.4 is 15.4 Å².